The predicted molar refractivity (Wildman–Crippen MR) is 77.5 cm³/mol. The van der Waals surface area contributed by atoms with Crippen LogP contribution >= 0.6 is 24.0 Å². The topological polar surface area (TPSA) is 60.1 Å². The molecular weight excluding hydrogens is 321 g/mol. The summed E-state index contributed by atoms with van der Waals surface area (Å²) < 4.78 is 10.1. The molecule has 0 aliphatic rings. The third kappa shape index (κ3) is 9.17. The number of ether oxygens (including phenoxy) is 2. The highest BCUT2D eigenvalue weighted by Crippen LogP contribution is 1.87. The molecule has 0 unspecified atom stereocenters. The zero-order valence-corrected chi connectivity index (χ0v) is 12.8. The lowest BCUT2D eigenvalue weighted by molar-refractivity contribution is 0.0747. The maximum Gasteiger partial charge on any atom is 0.191 e. The summed E-state index contributed by atoms with van der Waals surface area (Å²) in [5, 5.41) is 0. The first kappa shape index (κ1) is 18.3. The fourth-order valence-electron chi connectivity index (χ4n) is 1.12. The Kier molecular flexibility index (Phi) is 14.8. The molecule has 0 rings (SSSR count). The Morgan fingerprint density at radius 2 is 1.81 bits per heavy atom. The second kappa shape index (κ2) is 13.0. The first-order valence-electron chi connectivity index (χ1n) is 5.37. The third-order valence-corrected chi connectivity index (χ3v) is 2.03. The maximum atomic E-state index is 5.78. The van der Waals surface area contributed by atoms with Gasteiger partial charge < -0.3 is 20.1 Å². The van der Waals surface area contributed by atoms with E-state index in [0.717, 1.165) is 13.1 Å². The van der Waals surface area contributed by atoms with Crippen molar-refractivity contribution >= 4 is 29.9 Å². The van der Waals surface area contributed by atoms with Gasteiger partial charge in [0.25, 0.3) is 0 Å². The molecule has 0 aromatic carbocycles. The summed E-state index contributed by atoms with van der Waals surface area (Å²) in [5.74, 6) is 0.593. The van der Waals surface area contributed by atoms with Crippen LogP contribution in [0.4, 0.5) is 0 Å². The first-order chi connectivity index (χ1) is 7.26. The summed E-state index contributed by atoms with van der Waals surface area (Å²) in [6, 6.07) is 0. The van der Waals surface area contributed by atoms with Crippen molar-refractivity contribution in [2.75, 3.05) is 46.6 Å². The molecule has 6 heteroatoms. The van der Waals surface area contributed by atoms with Crippen molar-refractivity contribution in [1.82, 2.24) is 4.90 Å². The van der Waals surface area contributed by atoms with Gasteiger partial charge in [0.05, 0.1) is 26.4 Å². The van der Waals surface area contributed by atoms with Gasteiger partial charge in [0.15, 0.2) is 5.96 Å². The van der Waals surface area contributed by atoms with Crippen molar-refractivity contribution in [3.05, 3.63) is 0 Å². The molecule has 5 nitrogen and oxygen atoms in total. The zero-order valence-electron chi connectivity index (χ0n) is 10.4. The Balaban J connectivity index is 0. The van der Waals surface area contributed by atoms with E-state index in [0.29, 0.717) is 32.3 Å². The second-order valence-electron chi connectivity index (χ2n) is 3.02. The monoisotopic (exact) mass is 345 g/mol. The Bertz CT molecular complexity index is 175. The zero-order chi connectivity index (χ0) is 11.5. The molecule has 0 saturated heterocycles. The molecule has 0 aromatic rings. The Morgan fingerprint density at radius 1 is 1.19 bits per heavy atom. The summed E-state index contributed by atoms with van der Waals surface area (Å²) in [6.45, 7) is 8.30. The minimum absolute atomic E-state index is 0. The molecule has 0 radical (unpaired) electrons. The number of hydrogen-bond donors (Lipinski definition) is 1. The lowest BCUT2D eigenvalue weighted by atomic mass is 10.5. The summed E-state index contributed by atoms with van der Waals surface area (Å²) in [4.78, 5) is 6.23. The normalized spacial score (nSPS) is 11.1. The van der Waals surface area contributed by atoms with Crippen LogP contribution in [0.15, 0.2) is 4.99 Å². The highest BCUT2D eigenvalue weighted by atomic mass is 127. The number of methoxy groups -OCH3 is 1. The molecule has 98 valence electrons. The van der Waals surface area contributed by atoms with Crippen LogP contribution in [0.3, 0.4) is 0 Å². The van der Waals surface area contributed by atoms with Gasteiger partial charge in [-0.05, 0) is 13.8 Å². The number of aliphatic imine (C=N–C) groups is 1. The van der Waals surface area contributed by atoms with Crippen LogP contribution in [0.1, 0.15) is 13.8 Å². The molecular formula is C10H24IN3O2. The van der Waals surface area contributed by atoms with E-state index in [1.54, 1.807) is 7.11 Å². The van der Waals surface area contributed by atoms with E-state index in [9.17, 15) is 0 Å². The summed E-state index contributed by atoms with van der Waals surface area (Å²) >= 11 is 0. The van der Waals surface area contributed by atoms with Gasteiger partial charge in [-0.2, -0.15) is 0 Å². The van der Waals surface area contributed by atoms with Crippen LogP contribution < -0.4 is 5.73 Å². The van der Waals surface area contributed by atoms with Gasteiger partial charge in [0.1, 0.15) is 0 Å². The van der Waals surface area contributed by atoms with E-state index in [4.69, 9.17) is 15.2 Å². The van der Waals surface area contributed by atoms with Crippen molar-refractivity contribution in [2.24, 2.45) is 10.7 Å². The first-order valence-corrected chi connectivity index (χ1v) is 5.37. The molecule has 0 aliphatic carbocycles. The highest BCUT2D eigenvalue weighted by molar-refractivity contribution is 14.0. The second-order valence-corrected chi connectivity index (χ2v) is 3.02. The van der Waals surface area contributed by atoms with Gasteiger partial charge in [0, 0.05) is 20.2 Å². The number of guanidine groups is 1. The van der Waals surface area contributed by atoms with Gasteiger partial charge in [0.2, 0.25) is 0 Å². The highest BCUT2D eigenvalue weighted by Gasteiger charge is 2.00. The number of nitrogens with zero attached hydrogens (tertiary/aromatic N) is 2. The fourth-order valence-corrected chi connectivity index (χ4v) is 1.12. The Morgan fingerprint density at radius 3 is 2.31 bits per heavy atom. The average Bonchev–Trinajstić information content (AvgIpc) is 2.25. The lowest BCUT2D eigenvalue weighted by Crippen LogP contribution is -2.37. The molecule has 16 heavy (non-hydrogen) atoms. The Labute approximate surface area is 115 Å². The number of rotatable bonds is 8. The largest absolute Gasteiger partial charge is 0.382 e. The van der Waals surface area contributed by atoms with Crippen LogP contribution in [0.2, 0.25) is 0 Å². The minimum atomic E-state index is 0. The van der Waals surface area contributed by atoms with E-state index in [2.05, 4.69) is 18.8 Å². The molecule has 0 spiro atoms. The average molecular weight is 345 g/mol. The number of halogens is 1. The SMILES string of the molecule is CCN(CC)C(N)=NCCOCCOC.I. The smallest absolute Gasteiger partial charge is 0.191 e. The molecule has 0 atom stereocenters. The van der Waals surface area contributed by atoms with Crippen LogP contribution in [0, 0.1) is 0 Å². The number of hydrogen-bond acceptors (Lipinski definition) is 3. The van der Waals surface area contributed by atoms with Gasteiger partial charge in [-0.15, -0.1) is 24.0 Å². The minimum Gasteiger partial charge on any atom is -0.382 e. The molecule has 0 saturated carbocycles. The van der Waals surface area contributed by atoms with E-state index in [1.165, 1.54) is 0 Å². The standard InChI is InChI=1S/C10H23N3O2.HI/c1-4-13(5-2)10(11)12-6-7-15-9-8-14-3;/h4-9H2,1-3H3,(H2,11,12);1H. The quantitative estimate of drug-likeness (QED) is 0.308. The van der Waals surface area contributed by atoms with Gasteiger partial charge >= 0.3 is 0 Å². The van der Waals surface area contributed by atoms with Gasteiger partial charge in [-0.3, -0.25) is 4.99 Å². The molecule has 0 amide bonds. The van der Waals surface area contributed by atoms with E-state index < -0.39 is 0 Å². The fraction of sp³-hybridized carbons (Fsp3) is 0.900. The summed E-state index contributed by atoms with van der Waals surface area (Å²) in [5.41, 5.74) is 5.78. The maximum absolute atomic E-state index is 5.78. The molecule has 2 N–H and O–H groups in total. The van der Waals surface area contributed by atoms with E-state index >= 15 is 0 Å². The van der Waals surface area contributed by atoms with E-state index in [-0.39, 0.29) is 24.0 Å². The third-order valence-electron chi connectivity index (χ3n) is 2.03. The van der Waals surface area contributed by atoms with Crippen LogP contribution in [0.5, 0.6) is 0 Å². The summed E-state index contributed by atoms with van der Waals surface area (Å²) in [6.07, 6.45) is 0. The molecule has 0 bridgehead atoms. The van der Waals surface area contributed by atoms with Crippen LogP contribution in [0.25, 0.3) is 0 Å². The molecule has 0 fully saturated rings. The van der Waals surface area contributed by atoms with Gasteiger partial charge in [-0.25, -0.2) is 0 Å². The molecule has 0 heterocycles. The van der Waals surface area contributed by atoms with Gasteiger partial charge in [-0.1, -0.05) is 0 Å². The van der Waals surface area contributed by atoms with Crippen LogP contribution in [-0.2, 0) is 9.47 Å². The summed E-state index contributed by atoms with van der Waals surface area (Å²) in [7, 11) is 1.65. The van der Waals surface area contributed by atoms with Crippen molar-refractivity contribution < 1.29 is 9.47 Å². The predicted octanol–water partition coefficient (Wildman–Crippen LogP) is 0.924. The molecule has 0 aromatic heterocycles. The van der Waals surface area contributed by atoms with Crippen molar-refractivity contribution in [3.63, 3.8) is 0 Å². The van der Waals surface area contributed by atoms with Crippen molar-refractivity contribution in [1.29, 1.82) is 0 Å². The van der Waals surface area contributed by atoms with Crippen LogP contribution in [-0.4, -0.2) is 57.4 Å². The number of nitrogens with two attached hydrogens (primary N) is 1. The van der Waals surface area contributed by atoms with E-state index in [1.807, 2.05) is 4.90 Å². The van der Waals surface area contributed by atoms with Crippen molar-refractivity contribution in [3.8, 4) is 0 Å². The lowest BCUT2D eigenvalue weighted by Gasteiger charge is -2.19. The Hall–Kier alpha value is -0.0800. The van der Waals surface area contributed by atoms with Crippen molar-refractivity contribution in [2.45, 2.75) is 13.8 Å². The molecule has 0 aliphatic heterocycles.